The van der Waals surface area contributed by atoms with Gasteiger partial charge in [-0.25, -0.2) is 8.42 Å². The molecule has 0 amide bonds. The van der Waals surface area contributed by atoms with Crippen molar-refractivity contribution in [2.24, 2.45) is 0 Å². The van der Waals surface area contributed by atoms with Crippen LogP contribution in [-0.4, -0.2) is 13.4 Å². The van der Waals surface area contributed by atoms with Crippen LogP contribution in [0.2, 0.25) is 5.02 Å². The fourth-order valence-electron chi connectivity index (χ4n) is 2.28. The lowest BCUT2D eigenvalue weighted by Gasteiger charge is -2.11. The number of nitrogen functional groups attached to an aromatic ring is 2. The van der Waals surface area contributed by atoms with Crippen molar-refractivity contribution < 1.29 is 8.42 Å². The Labute approximate surface area is 132 Å². The van der Waals surface area contributed by atoms with Crippen LogP contribution in [0.25, 0.3) is 10.8 Å². The van der Waals surface area contributed by atoms with Crippen LogP contribution < -0.4 is 11.5 Å². The van der Waals surface area contributed by atoms with Crippen LogP contribution in [0.15, 0.2) is 58.6 Å². The van der Waals surface area contributed by atoms with Gasteiger partial charge in [-0.3, -0.25) is 4.98 Å². The Balaban J connectivity index is 2.35. The van der Waals surface area contributed by atoms with Gasteiger partial charge in [-0.1, -0.05) is 23.7 Å². The van der Waals surface area contributed by atoms with Crippen molar-refractivity contribution in [1.29, 1.82) is 0 Å². The summed E-state index contributed by atoms with van der Waals surface area (Å²) in [5.74, 6) is 0. The standard InChI is InChI=1S/C15H12ClN3O2S/c16-15-12(18)6-10(17)7-14(15)22(20,21)13-3-1-2-9-8-19-5-4-11(9)13/h1-8H,17-18H2. The molecule has 0 radical (unpaired) electrons. The number of rotatable bonds is 2. The van der Waals surface area contributed by atoms with E-state index in [1.165, 1.54) is 24.4 Å². The summed E-state index contributed by atoms with van der Waals surface area (Å²) in [5.41, 5.74) is 11.8. The van der Waals surface area contributed by atoms with Gasteiger partial charge in [0.15, 0.2) is 0 Å². The van der Waals surface area contributed by atoms with Crippen LogP contribution in [-0.2, 0) is 9.84 Å². The first kappa shape index (κ1) is 14.6. The van der Waals surface area contributed by atoms with Crippen LogP contribution in [0.4, 0.5) is 11.4 Å². The molecule has 112 valence electrons. The number of pyridine rings is 1. The lowest BCUT2D eigenvalue weighted by Crippen LogP contribution is -2.06. The van der Waals surface area contributed by atoms with Crippen LogP contribution in [0.3, 0.4) is 0 Å². The van der Waals surface area contributed by atoms with Crippen LogP contribution in [0.5, 0.6) is 0 Å². The van der Waals surface area contributed by atoms with Gasteiger partial charge < -0.3 is 11.5 Å². The summed E-state index contributed by atoms with van der Waals surface area (Å²) in [6.45, 7) is 0. The summed E-state index contributed by atoms with van der Waals surface area (Å²) < 4.78 is 25.9. The predicted molar refractivity (Wildman–Crippen MR) is 87.5 cm³/mol. The maximum absolute atomic E-state index is 13.0. The topological polar surface area (TPSA) is 99.1 Å². The molecule has 0 aliphatic carbocycles. The van der Waals surface area contributed by atoms with E-state index >= 15 is 0 Å². The molecule has 0 aliphatic heterocycles. The molecule has 3 rings (SSSR count). The van der Waals surface area contributed by atoms with Gasteiger partial charge in [-0.2, -0.15) is 0 Å². The summed E-state index contributed by atoms with van der Waals surface area (Å²) in [4.78, 5) is 4.03. The van der Waals surface area contributed by atoms with Gasteiger partial charge in [-0.05, 0) is 24.3 Å². The molecule has 0 aliphatic rings. The summed E-state index contributed by atoms with van der Waals surface area (Å²) >= 11 is 6.08. The summed E-state index contributed by atoms with van der Waals surface area (Å²) in [7, 11) is -3.86. The van der Waals surface area contributed by atoms with E-state index in [1.54, 1.807) is 24.4 Å². The van der Waals surface area contributed by atoms with Crippen molar-refractivity contribution in [3.05, 3.63) is 53.8 Å². The molecular weight excluding hydrogens is 322 g/mol. The number of hydrogen-bond acceptors (Lipinski definition) is 5. The SMILES string of the molecule is Nc1cc(N)c(Cl)c(S(=O)(=O)c2cccc3cnccc23)c1. The molecule has 0 fully saturated rings. The van der Waals surface area contributed by atoms with E-state index < -0.39 is 9.84 Å². The summed E-state index contributed by atoms with van der Waals surface area (Å²) in [6.07, 6.45) is 3.14. The molecule has 0 saturated carbocycles. The molecular formula is C15H12ClN3O2S. The minimum Gasteiger partial charge on any atom is -0.399 e. The van der Waals surface area contributed by atoms with Gasteiger partial charge in [0.2, 0.25) is 9.84 Å². The van der Waals surface area contributed by atoms with Gasteiger partial charge in [0.25, 0.3) is 0 Å². The van der Waals surface area contributed by atoms with Crippen LogP contribution >= 0.6 is 11.6 Å². The van der Waals surface area contributed by atoms with Crippen LogP contribution in [0.1, 0.15) is 0 Å². The Hall–Kier alpha value is -2.31. The van der Waals surface area contributed by atoms with E-state index in [9.17, 15) is 8.42 Å². The Kier molecular flexibility index (Phi) is 3.42. The maximum Gasteiger partial charge on any atom is 0.208 e. The molecule has 7 heteroatoms. The average molecular weight is 334 g/mol. The molecule has 0 bridgehead atoms. The van der Waals surface area contributed by atoms with E-state index in [0.717, 1.165) is 5.39 Å². The molecule has 2 aromatic carbocycles. The minimum absolute atomic E-state index is 0.0275. The zero-order valence-corrected chi connectivity index (χ0v) is 12.9. The Bertz CT molecular complexity index is 982. The Morgan fingerprint density at radius 3 is 2.59 bits per heavy atom. The molecule has 0 atom stereocenters. The Morgan fingerprint density at radius 2 is 1.82 bits per heavy atom. The molecule has 0 saturated heterocycles. The fraction of sp³-hybridized carbons (Fsp3) is 0. The lowest BCUT2D eigenvalue weighted by molar-refractivity contribution is 0.597. The number of fused-ring (bicyclic) bond motifs is 1. The van der Waals surface area contributed by atoms with Gasteiger partial charge in [0.05, 0.1) is 20.5 Å². The first-order valence-electron chi connectivity index (χ1n) is 6.33. The number of sulfone groups is 1. The molecule has 5 nitrogen and oxygen atoms in total. The van der Waals surface area contributed by atoms with Gasteiger partial charge in [0, 0.05) is 28.9 Å². The summed E-state index contributed by atoms with van der Waals surface area (Å²) in [6, 6.07) is 9.35. The predicted octanol–water partition coefficient (Wildman–Crippen LogP) is 2.89. The zero-order valence-electron chi connectivity index (χ0n) is 11.3. The lowest BCUT2D eigenvalue weighted by atomic mass is 10.2. The van der Waals surface area contributed by atoms with Crippen molar-refractivity contribution in [3.8, 4) is 0 Å². The highest BCUT2D eigenvalue weighted by Gasteiger charge is 2.24. The van der Waals surface area contributed by atoms with Crippen molar-refractivity contribution in [2.45, 2.75) is 9.79 Å². The highest BCUT2D eigenvalue weighted by atomic mass is 35.5. The number of anilines is 2. The number of aromatic nitrogens is 1. The monoisotopic (exact) mass is 333 g/mol. The molecule has 3 aromatic rings. The average Bonchev–Trinajstić information content (AvgIpc) is 2.50. The van der Waals surface area contributed by atoms with Gasteiger partial charge >= 0.3 is 0 Å². The van der Waals surface area contributed by atoms with E-state index in [-0.39, 0.29) is 26.2 Å². The number of hydrogen-bond donors (Lipinski definition) is 2. The second kappa shape index (κ2) is 5.15. The minimum atomic E-state index is -3.86. The van der Waals surface area contributed by atoms with Crippen molar-refractivity contribution in [2.75, 3.05) is 11.5 Å². The van der Waals surface area contributed by atoms with E-state index in [4.69, 9.17) is 23.1 Å². The maximum atomic E-state index is 13.0. The normalized spacial score (nSPS) is 11.7. The first-order valence-corrected chi connectivity index (χ1v) is 8.19. The quantitative estimate of drug-likeness (QED) is 0.702. The third kappa shape index (κ3) is 2.26. The van der Waals surface area contributed by atoms with Crippen molar-refractivity contribution in [3.63, 3.8) is 0 Å². The van der Waals surface area contributed by atoms with E-state index in [0.29, 0.717) is 5.39 Å². The zero-order chi connectivity index (χ0) is 15.9. The third-order valence-corrected chi connectivity index (χ3v) is 5.68. The molecule has 4 N–H and O–H groups in total. The number of nitrogens with two attached hydrogens (primary N) is 2. The molecule has 1 aromatic heterocycles. The summed E-state index contributed by atoms with van der Waals surface area (Å²) in [5, 5.41) is 1.26. The molecule has 0 spiro atoms. The highest BCUT2D eigenvalue weighted by Crippen LogP contribution is 2.35. The smallest absolute Gasteiger partial charge is 0.208 e. The molecule has 22 heavy (non-hydrogen) atoms. The number of nitrogens with zero attached hydrogens (tertiary/aromatic N) is 1. The second-order valence-corrected chi connectivity index (χ2v) is 7.04. The highest BCUT2D eigenvalue weighted by molar-refractivity contribution is 7.91. The first-order chi connectivity index (χ1) is 10.4. The van der Waals surface area contributed by atoms with E-state index in [2.05, 4.69) is 4.98 Å². The Morgan fingerprint density at radius 1 is 1.05 bits per heavy atom. The fourth-order valence-corrected chi connectivity index (χ4v) is 4.31. The number of benzene rings is 2. The molecule has 0 unspecified atom stereocenters. The van der Waals surface area contributed by atoms with Crippen molar-refractivity contribution >= 4 is 43.6 Å². The second-order valence-electron chi connectivity index (χ2n) is 4.78. The molecule has 1 heterocycles. The number of halogens is 1. The van der Waals surface area contributed by atoms with Gasteiger partial charge in [0.1, 0.15) is 0 Å². The van der Waals surface area contributed by atoms with Crippen LogP contribution in [0, 0.1) is 0 Å². The largest absolute Gasteiger partial charge is 0.399 e. The van der Waals surface area contributed by atoms with Crippen molar-refractivity contribution in [1.82, 2.24) is 4.98 Å². The third-order valence-electron chi connectivity index (χ3n) is 3.31. The van der Waals surface area contributed by atoms with E-state index in [1.807, 2.05) is 0 Å². The van der Waals surface area contributed by atoms with Gasteiger partial charge in [-0.15, -0.1) is 0 Å².